The molecule has 0 aliphatic rings. The number of pyridine rings is 1. The first-order valence-electron chi connectivity index (χ1n) is 3.93. The van der Waals surface area contributed by atoms with E-state index in [1.54, 1.807) is 6.20 Å². The summed E-state index contributed by atoms with van der Waals surface area (Å²) in [7, 11) is 1.95. The highest BCUT2D eigenvalue weighted by Crippen LogP contribution is 2.13. The molecule has 0 amide bonds. The smallest absolute Gasteiger partial charge is 0.106 e. The normalized spacial score (nSPS) is 9.31. The topological polar surface area (TPSA) is 39.9 Å². The number of nitrogens with zero attached hydrogens (tertiary/aromatic N) is 3. The number of halogens is 1. The van der Waals surface area contributed by atoms with Crippen LogP contribution in [0.5, 0.6) is 0 Å². The van der Waals surface area contributed by atoms with Crippen molar-refractivity contribution < 1.29 is 0 Å². The van der Waals surface area contributed by atoms with E-state index in [1.807, 2.05) is 24.1 Å². The Morgan fingerprint density at radius 2 is 2.38 bits per heavy atom. The van der Waals surface area contributed by atoms with Gasteiger partial charge >= 0.3 is 0 Å². The summed E-state index contributed by atoms with van der Waals surface area (Å²) in [6.45, 7) is 0.736. The third-order valence-electron chi connectivity index (χ3n) is 1.71. The summed E-state index contributed by atoms with van der Waals surface area (Å²) in [5.74, 6) is 0. The SMILES string of the molecule is CN(CCC#N)c1ccc(Br)nc1. The lowest BCUT2D eigenvalue weighted by atomic mass is 10.3. The summed E-state index contributed by atoms with van der Waals surface area (Å²) < 4.78 is 0.824. The third-order valence-corrected chi connectivity index (χ3v) is 2.18. The standard InChI is InChI=1S/C9H10BrN3/c1-13(6-2-5-11)8-3-4-9(10)12-7-8/h3-4,7H,2,6H2,1H3. The van der Waals surface area contributed by atoms with Gasteiger partial charge in [0.25, 0.3) is 0 Å². The summed E-state index contributed by atoms with van der Waals surface area (Å²) in [5.41, 5.74) is 1.03. The number of hydrogen-bond donors (Lipinski definition) is 0. The molecular weight excluding hydrogens is 230 g/mol. The second-order valence-electron chi connectivity index (χ2n) is 2.67. The van der Waals surface area contributed by atoms with Gasteiger partial charge in [0.05, 0.1) is 24.4 Å². The first kappa shape index (κ1) is 10.0. The van der Waals surface area contributed by atoms with E-state index < -0.39 is 0 Å². The Kier molecular flexibility index (Phi) is 3.71. The molecule has 0 aromatic carbocycles. The van der Waals surface area contributed by atoms with Crippen molar-refractivity contribution in [1.82, 2.24) is 4.98 Å². The van der Waals surface area contributed by atoms with E-state index in [0.717, 1.165) is 16.8 Å². The van der Waals surface area contributed by atoms with Gasteiger partial charge in [-0.1, -0.05) is 0 Å². The van der Waals surface area contributed by atoms with Crippen LogP contribution in [0.2, 0.25) is 0 Å². The molecule has 0 aliphatic heterocycles. The molecular formula is C9H10BrN3. The molecule has 4 heteroatoms. The molecule has 3 nitrogen and oxygen atoms in total. The Morgan fingerprint density at radius 1 is 1.62 bits per heavy atom. The van der Waals surface area contributed by atoms with Crippen molar-refractivity contribution in [1.29, 1.82) is 5.26 Å². The minimum atomic E-state index is 0.534. The van der Waals surface area contributed by atoms with Crippen LogP contribution in [0.25, 0.3) is 0 Å². The predicted molar refractivity (Wildman–Crippen MR) is 55.4 cm³/mol. The zero-order chi connectivity index (χ0) is 9.68. The molecule has 0 N–H and O–H groups in total. The van der Waals surface area contributed by atoms with Crippen molar-refractivity contribution in [3.63, 3.8) is 0 Å². The van der Waals surface area contributed by atoms with Crippen LogP contribution >= 0.6 is 15.9 Å². The maximum Gasteiger partial charge on any atom is 0.106 e. The number of rotatable bonds is 3. The average Bonchev–Trinajstić information content (AvgIpc) is 2.15. The van der Waals surface area contributed by atoms with Gasteiger partial charge in [0.1, 0.15) is 4.60 Å². The summed E-state index contributed by atoms with van der Waals surface area (Å²) in [4.78, 5) is 6.10. The molecule has 0 unspecified atom stereocenters. The Bertz CT molecular complexity index is 302. The van der Waals surface area contributed by atoms with E-state index in [9.17, 15) is 0 Å². The molecule has 1 aromatic rings. The molecule has 0 bridgehead atoms. The van der Waals surface area contributed by atoms with Gasteiger partial charge in [0, 0.05) is 13.6 Å². The van der Waals surface area contributed by atoms with Crippen molar-refractivity contribution in [3.05, 3.63) is 22.9 Å². The van der Waals surface area contributed by atoms with E-state index in [-0.39, 0.29) is 0 Å². The predicted octanol–water partition coefficient (Wildman–Crippen LogP) is 2.19. The maximum atomic E-state index is 8.41. The van der Waals surface area contributed by atoms with Crippen LogP contribution in [0.15, 0.2) is 22.9 Å². The fourth-order valence-corrected chi connectivity index (χ4v) is 1.18. The lowest BCUT2D eigenvalue weighted by molar-refractivity contribution is 0.900. The second kappa shape index (κ2) is 4.83. The molecule has 0 aliphatic carbocycles. The van der Waals surface area contributed by atoms with E-state index in [1.165, 1.54) is 0 Å². The van der Waals surface area contributed by atoms with Crippen molar-refractivity contribution in [2.45, 2.75) is 6.42 Å². The number of hydrogen-bond acceptors (Lipinski definition) is 3. The minimum Gasteiger partial charge on any atom is -0.372 e. The van der Waals surface area contributed by atoms with E-state index in [0.29, 0.717) is 6.42 Å². The van der Waals surface area contributed by atoms with Gasteiger partial charge in [0.2, 0.25) is 0 Å². The van der Waals surface area contributed by atoms with Gasteiger partial charge in [-0.05, 0) is 28.1 Å². The molecule has 13 heavy (non-hydrogen) atoms. The van der Waals surface area contributed by atoms with Gasteiger partial charge in [-0.25, -0.2) is 4.98 Å². The van der Waals surface area contributed by atoms with Crippen LogP contribution < -0.4 is 4.90 Å². The molecule has 1 rings (SSSR count). The van der Waals surface area contributed by atoms with Crippen molar-refractivity contribution >= 4 is 21.6 Å². The molecule has 0 saturated heterocycles. The Balaban J connectivity index is 2.62. The van der Waals surface area contributed by atoms with Crippen molar-refractivity contribution in [3.8, 4) is 6.07 Å². The highest BCUT2D eigenvalue weighted by atomic mass is 79.9. The molecule has 0 spiro atoms. The Hall–Kier alpha value is -1.08. The van der Waals surface area contributed by atoms with Crippen molar-refractivity contribution in [2.75, 3.05) is 18.5 Å². The molecule has 1 heterocycles. The summed E-state index contributed by atoms with van der Waals surface area (Å²) in [6.07, 6.45) is 2.31. The van der Waals surface area contributed by atoms with Crippen LogP contribution in [0.3, 0.4) is 0 Å². The summed E-state index contributed by atoms with van der Waals surface area (Å²) in [5, 5.41) is 8.41. The molecule has 0 saturated carbocycles. The zero-order valence-corrected chi connectivity index (χ0v) is 8.95. The maximum absolute atomic E-state index is 8.41. The lowest BCUT2D eigenvalue weighted by Gasteiger charge is -2.16. The molecule has 0 radical (unpaired) electrons. The van der Waals surface area contributed by atoms with Gasteiger partial charge in [-0.2, -0.15) is 5.26 Å². The van der Waals surface area contributed by atoms with E-state index in [4.69, 9.17) is 5.26 Å². The highest BCUT2D eigenvalue weighted by molar-refractivity contribution is 9.10. The van der Waals surface area contributed by atoms with E-state index >= 15 is 0 Å². The van der Waals surface area contributed by atoms with Gasteiger partial charge in [-0.3, -0.25) is 0 Å². The van der Waals surface area contributed by atoms with Gasteiger partial charge < -0.3 is 4.90 Å². The summed E-state index contributed by atoms with van der Waals surface area (Å²) in [6, 6.07) is 5.96. The Morgan fingerprint density at radius 3 is 2.92 bits per heavy atom. The molecule has 0 atom stereocenters. The first-order chi connectivity index (χ1) is 6.24. The van der Waals surface area contributed by atoms with Gasteiger partial charge in [0.15, 0.2) is 0 Å². The largest absolute Gasteiger partial charge is 0.372 e. The fraction of sp³-hybridized carbons (Fsp3) is 0.333. The fourth-order valence-electron chi connectivity index (χ4n) is 0.941. The van der Waals surface area contributed by atoms with Crippen LogP contribution in [0.1, 0.15) is 6.42 Å². The number of anilines is 1. The van der Waals surface area contributed by atoms with E-state index in [2.05, 4.69) is 27.0 Å². The highest BCUT2D eigenvalue weighted by Gasteiger charge is 1.99. The average molecular weight is 240 g/mol. The Labute approximate surface area is 86.1 Å². The summed E-state index contributed by atoms with van der Waals surface area (Å²) >= 11 is 3.27. The van der Waals surface area contributed by atoms with Crippen LogP contribution in [-0.4, -0.2) is 18.6 Å². The molecule has 1 aromatic heterocycles. The van der Waals surface area contributed by atoms with Crippen molar-refractivity contribution in [2.24, 2.45) is 0 Å². The quantitative estimate of drug-likeness (QED) is 0.760. The number of aromatic nitrogens is 1. The first-order valence-corrected chi connectivity index (χ1v) is 4.73. The monoisotopic (exact) mass is 239 g/mol. The second-order valence-corrected chi connectivity index (χ2v) is 3.48. The lowest BCUT2D eigenvalue weighted by Crippen LogP contribution is -2.17. The zero-order valence-electron chi connectivity index (χ0n) is 7.37. The third kappa shape index (κ3) is 3.03. The number of nitriles is 1. The minimum absolute atomic E-state index is 0.534. The van der Waals surface area contributed by atoms with Gasteiger partial charge in [-0.15, -0.1) is 0 Å². The molecule has 68 valence electrons. The molecule has 0 fully saturated rings. The van der Waals surface area contributed by atoms with Crippen LogP contribution in [-0.2, 0) is 0 Å². The van der Waals surface area contributed by atoms with Crippen LogP contribution in [0.4, 0.5) is 5.69 Å². The van der Waals surface area contributed by atoms with Crippen LogP contribution in [0, 0.1) is 11.3 Å².